The van der Waals surface area contributed by atoms with E-state index in [2.05, 4.69) is 5.32 Å². The van der Waals surface area contributed by atoms with E-state index in [9.17, 15) is 24.3 Å². The molecule has 2 fully saturated rings. The van der Waals surface area contributed by atoms with Crippen LogP contribution in [0.4, 0.5) is 0 Å². The maximum absolute atomic E-state index is 13.1. The topological polar surface area (TPSA) is 113 Å². The average molecular weight is 475 g/mol. The maximum Gasteiger partial charge on any atom is 0.328 e. The third kappa shape index (κ3) is 3.88. The van der Waals surface area contributed by atoms with Gasteiger partial charge in [0, 0.05) is 4.75 Å². The second-order valence-electron chi connectivity index (χ2n) is 8.31. The molecule has 168 valence electrons. The van der Waals surface area contributed by atoms with Gasteiger partial charge in [-0.25, -0.2) is 4.79 Å². The zero-order valence-corrected chi connectivity index (χ0v) is 19.2. The van der Waals surface area contributed by atoms with Gasteiger partial charge in [-0.3, -0.25) is 14.4 Å². The number of esters is 1. The molecule has 0 radical (unpaired) electrons. The van der Waals surface area contributed by atoms with Crippen LogP contribution in [0.5, 0.6) is 5.75 Å². The Hall–Kier alpha value is -2.85. The van der Waals surface area contributed by atoms with Gasteiger partial charge in [-0.15, -0.1) is 11.8 Å². The van der Waals surface area contributed by atoms with Crippen LogP contribution in [0.2, 0.25) is 0 Å². The summed E-state index contributed by atoms with van der Waals surface area (Å²) in [7, 11) is 0. The number of β-lactam (4-membered cyclic amide) rings is 1. The Bertz CT molecular complexity index is 1070. The number of hydrogen-bond acceptors (Lipinski definition) is 7. The van der Waals surface area contributed by atoms with E-state index in [1.54, 1.807) is 54.9 Å². The highest BCUT2D eigenvalue weighted by Gasteiger charge is 2.64. The second kappa shape index (κ2) is 8.25. The molecule has 0 bridgehead atoms. The number of nitrogens with one attached hydrogen (secondary N) is 1. The zero-order valence-electron chi connectivity index (χ0n) is 17.6. The number of carboxylic acids is 1. The summed E-state index contributed by atoms with van der Waals surface area (Å²) in [5, 5.41) is 15.1. The van der Waals surface area contributed by atoms with E-state index in [0.29, 0.717) is 11.3 Å². The fourth-order valence-electron chi connectivity index (χ4n) is 4.00. The summed E-state index contributed by atoms with van der Waals surface area (Å²) in [6.07, 6.45) is 0. The monoisotopic (exact) mass is 474 g/mol. The first-order chi connectivity index (χ1) is 15.1. The quantitative estimate of drug-likeness (QED) is 0.286. The van der Waals surface area contributed by atoms with E-state index in [-0.39, 0.29) is 0 Å². The van der Waals surface area contributed by atoms with Crippen molar-refractivity contribution in [3.63, 3.8) is 0 Å². The van der Waals surface area contributed by atoms with Gasteiger partial charge in [0.15, 0.2) is 5.92 Å². The highest BCUT2D eigenvalue weighted by Crippen LogP contribution is 2.50. The smallest absolute Gasteiger partial charge is 0.328 e. The molecular weight excluding hydrogens is 452 g/mol. The molecule has 2 aromatic rings. The number of carboxylic acid groups (broad SMARTS) is 1. The minimum Gasteiger partial charge on any atom is -0.480 e. The lowest BCUT2D eigenvalue weighted by Gasteiger charge is -2.43. The van der Waals surface area contributed by atoms with E-state index in [0.717, 1.165) is 5.56 Å². The van der Waals surface area contributed by atoms with Crippen LogP contribution in [0.3, 0.4) is 0 Å². The average Bonchev–Trinajstić information content (AvgIpc) is 3.32. The van der Waals surface area contributed by atoms with Crippen molar-refractivity contribution < 1.29 is 29.0 Å². The van der Waals surface area contributed by atoms with Crippen molar-refractivity contribution in [3.8, 4) is 5.75 Å². The van der Waals surface area contributed by atoms with Gasteiger partial charge < -0.3 is 20.1 Å². The molecule has 2 saturated heterocycles. The molecule has 4 atom stereocenters. The highest BCUT2D eigenvalue weighted by atomic mass is 32.2. The molecule has 2 aliphatic heterocycles. The number of hydrogen-bond donors (Lipinski definition) is 2. The van der Waals surface area contributed by atoms with E-state index < -0.39 is 51.9 Å². The molecule has 0 saturated carbocycles. The molecule has 1 aromatic carbocycles. The molecule has 2 N–H and O–H groups in total. The molecule has 8 nitrogen and oxygen atoms in total. The fraction of sp³-hybridized carbons (Fsp3) is 0.364. The predicted molar refractivity (Wildman–Crippen MR) is 120 cm³/mol. The molecule has 32 heavy (non-hydrogen) atoms. The maximum atomic E-state index is 13.1. The molecule has 4 rings (SSSR count). The number of fused-ring (bicyclic) bond motifs is 1. The van der Waals surface area contributed by atoms with Crippen molar-refractivity contribution >= 4 is 46.9 Å². The van der Waals surface area contributed by atoms with Gasteiger partial charge in [0.2, 0.25) is 11.8 Å². The van der Waals surface area contributed by atoms with E-state index in [1.807, 2.05) is 6.92 Å². The minimum atomic E-state index is -1.25. The largest absolute Gasteiger partial charge is 0.480 e. The molecular formula is C22H22N2O6S2. The first kappa shape index (κ1) is 22.3. The number of aliphatic carboxylic acids is 1. The lowest BCUT2D eigenvalue weighted by molar-refractivity contribution is -0.161. The summed E-state index contributed by atoms with van der Waals surface area (Å²) in [4.78, 5) is 51.7. The van der Waals surface area contributed by atoms with Crippen LogP contribution >= 0.6 is 23.1 Å². The zero-order chi connectivity index (χ0) is 23.2. The number of thiophene rings is 1. The van der Waals surface area contributed by atoms with Crippen molar-refractivity contribution in [2.75, 3.05) is 0 Å². The Balaban J connectivity index is 1.52. The summed E-state index contributed by atoms with van der Waals surface area (Å²) in [5.74, 6) is -3.89. The van der Waals surface area contributed by atoms with Crippen molar-refractivity contribution in [3.05, 3.63) is 52.2 Å². The van der Waals surface area contributed by atoms with E-state index in [4.69, 9.17) is 4.74 Å². The van der Waals surface area contributed by atoms with Crippen molar-refractivity contribution in [2.45, 2.75) is 48.9 Å². The number of aryl methyl sites for hydroxylation is 1. The van der Waals surface area contributed by atoms with Gasteiger partial charge in [-0.1, -0.05) is 17.7 Å². The van der Waals surface area contributed by atoms with Gasteiger partial charge in [-0.05, 0) is 55.3 Å². The van der Waals surface area contributed by atoms with Crippen molar-refractivity contribution in [1.82, 2.24) is 10.2 Å². The Kier molecular flexibility index (Phi) is 5.76. The summed E-state index contributed by atoms with van der Waals surface area (Å²) >= 11 is 2.66. The molecule has 4 unspecified atom stereocenters. The number of nitrogens with zero attached hydrogens (tertiary/aromatic N) is 1. The molecule has 2 aliphatic rings. The first-order valence-electron chi connectivity index (χ1n) is 9.94. The number of benzene rings is 1. The lowest BCUT2D eigenvalue weighted by Crippen LogP contribution is -2.71. The Morgan fingerprint density at radius 2 is 1.88 bits per heavy atom. The lowest BCUT2D eigenvalue weighted by atomic mass is 9.95. The van der Waals surface area contributed by atoms with Crippen LogP contribution in [0.25, 0.3) is 0 Å². The standard InChI is InChI=1S/C22H22N2O6S2/c1-11-4-6-13(7-5-11)30-21(29)14(12-8-9-31-10-12)17(25)23-15-18(26)24-16(20(27)28)22(2,3)32-19(15)24/h4-10,14-16,19H,1-3H3,(H,23,25)(H,27,28). The fourth-order valence-corrected chi connectivity index (χ4v) is 6.31. The Labute approximate surface area is 192 Å². The van der Waals surface area contributed by atoms with Gasteiger partial charge in [0.1, 0.15) is 23.2 Å². The van der Waals surface area contributed by atoms with Crippen LogP contribution < -0.4 is 10.1 Å². The van der Waals surface area contributed by atoms with Gasteiger partial charge >= 0.3 is 11.9 Å². The number of amides is 2. The van der Waals surface area contributed by atoms with Crippen LogP contribution in [0.15, 0.2) is 41.1 Å². The number of carbonyl (C=O) groups is 4. The third-order valence-electron chi connectivity index (χ3n) is 5.59. The first-order valence-corrected chi connectivity index (χ1v) is 11.8. The Morgan fingerprint density at radius 1 is 1.19 bits per heavy atom. The molecule has 0 aliphatic carbocycles. The summed E-state index contributed by atoms with van der Waals surface area (Å²) in [6.45, 7) is 5.42. The van der Waals surface area contributed by atoms with Crippen molar-refractivity contribution in [2.24, 2.45) is 0 Å². The SMILES string of the molecule is Cc1ccc(OC(=O)C(C(=O)NC2C(=O)N3C2SC(C)(C)C3C(=O)O)c2ccsc2)cc1. The molecule has 10 heteroatoms. The third-order valence-corrected chi connectivity index (χ3v) is 7.86. The molecule has 2 amide bonds. The number of thioether (sulfide) groups is 1. The number of ether oxygens (including phenoxy) is 1. The van der Waals surface area contributed by atoms with Crippen LogP contribution in [0.1, 0.15) is 30.9 Å². The second-order valence-corrected chi connectivity index (χ2v) is 10.9. The van der Waals surface area contributed by atoms with E-state index >= 15 is 0 Å². The molecule has 0 spiro atoms. The number of carbonyl (C=O) groups excluding carboxylic acids is 3. The van der Waals surface area contributed by atoms with Crippen LogP contribution in [-0.2, 0) is 19.2 Å². The van der Waals surface area contributed by atoms with Gasteiger partial charge in [0.25, 0.3) is 0 Å². The van der Waals surface area contributed by atoms with E-state index in [1.165, 1.54) is 28.0 Å². The summed E-state index contributed by atoms with van der Waals surface area (Å²) in [5.41, 5.74) is 1.47. The van der Waals surface area contributed by atoms with Crippen LogP contribution in [-0.4, -0.2) is 56.0 Å². The summed E-state index contributed by atoms with van der Waals surface area (Å²) < 4.78 is 4.73. The van der Waals surface area contributed by atoms with Crippen LogP contribution in [0, 0.1) is 6.92 Å². The Morgan fingerprint density at radius 3 is 2.47 bits per heavy atom. The number of rotatable bonds is 6. The van der Waals surface area contributed by atoms with Gasteiger partial charge in [0.05, 0.1) is 0 Å². The van der Waals surface area contributed by atoms with Crippen molar-refractivity contribution in [1.29, 1.82) is 0 Å². The predicted octanol–water partition coefficient (Wildman–Crippen LogP) is 2.38. The summed E-state index contributed by atoms with van der Waals surface area (Å²) in [6, 6.07) is 6.66. The highest BCUT2D eigenvalue weighted by molar-refractivity contribution is 8.01. The normalized spacial score (nSPS) is 24.3. The molecule has 1 aromatic heterocycles. The minimum absolute atomic E-state index is 0.317. The molecule has 3 heterocycles. The van der Waals surface area contributed by atoms with Gasteiger partial charge in [-0.2, -0.15) is 11.3 Å².